The largest absolute Gasteiger partial charge is 0.417 e. The molecule has 0 saturated heterocycles. The zero-order chi connectivity index (χ0) is 14.8. The van der Waals surface area contributed by atoms with Crippen LogP contribution in [0.25, 0.3) is 11.3 Å². The summed E-state index contributed by atoms with van der Waals surface area (Å²) >= 11 is 0. The lowest BCUT2D eigenvalue weighted by Crippen LogP contribution is -2.10. The minimum Gasteiger partial charge on any atom is -0.373 e. The lowest BCUT2D eigenvalue weighted by atomic mass is 10.0. The SMILES string of the molecule is CCc1c(NC)ncnc1-c1cnccc1C(F)(F)F. The van der Waals surface area contributed by atoms with Crippen LogP contribution >= 0.6 is 0 Å². The molecule has 0 atom stereocenters. The van der Waals surface area contributed by atoms with Crippen molar-refractivity contribution >= 4 is 5.82 Å². The summed E-state index contributed by atoms with van der Waals surface area (Å²) < 4.78 is 39.2. The van der Waals surface area contributed by atoms with Crippen LogP contribution in [0.4, 0.5) is 19.0 Å². The molecule has 0 fully saturated rings. The second-order valence-electron chi connectivity index (χ2n) is 4.07. The van der Waals surface area contributed by atoms with Gasteiger partial charge in [-0.3, -0.25) is 4.98 Å². The van der Waals surface area contributed by atoms with Crippen molar-refractivity contribution < 1.29 is 13.2 Å². The zero-order valence-electron chi connectivity index (χ0n) is 11.0. The first-order valence-electron chi connectivity index (χ1n) is 6.02. The molecule has 0 saturated carbocycles. The molecule has 1 N–H and O–H groups in total. The molecule has 7 heteroatoms. The van der Waals surface area contributed by atoms with E-state index in [0.717, 1.165) is 12.3 Å². The molecule has 0 unspecified atom stereocenters. The van der Waals surface area contributed by atoms with Gasteiger partial charge in [-0.15, -0.1) is 0 Å². The van der Waals surface area contributed by atoms with Crippen LogP contribution in [0.3, 0.4) is 0 Å². The van der Waals surface area contributed by atoms with E-state index < -0.39 is 11.7 Å². The van der Waals surface area contributed by atoms with Gasteiger partial charge in [-0.25, -0.2) is 9.97 Å². The molecule has 20 heavy (non-hydrogen) atoms. The molecule has 0 aliphatic carbocycles. The predicted molar refractivity (Wildman–Crippen MR) is 69.2 cm³/mol. The molecule has 2 aromatic heterocycles. The van der Waals surface area contributed by atoms with Gasteiger partial charge in [-0.1, -0.05) is 6.92 Å². The van der Waals surface area contributed by atoms with Crippen molar-refractivity contribution in [2.75, 3.05) is 12.4 Å². The fourth-order valence-corrected chi connectivity index (χ4v) is 2.03. The third-order valence-electron chi connectivity index (χ3n) is 2.92. The van der Waals surface area contributed by atoms with Gasteiger partial charge < -0.3 is 5.32 Å². The van der Waals surface area contributed by atoms with E-state index in [2.05, 4.69) is 20.3 Å². The Bertz CT molecular complexity index is 611. The van der Waals surface area contributed by atoms with Crippen molar-refractivity contribution in [1.82, 2.24) is 15.0 Å². The summed E-state index contributed by atoms with van der Waals surface area (Å²) in [6, 6.07) is 0.954. The maximum absolute atomic E-state index is 13.1. The highest BCUT2D eigenvalue weighted by Gasteiger charge is 2.34. The van der Waals surface area contributed by atoms with Crippen LogP contribution in [0.15, 0.2) is 24.8 Å². The molecule has 0 radical (unpaired) electrons. The molecule has 0 aliphatic rings. The topological polar surface area (TPSA) is 50.7 Å². The molecular formula is C13H13F3N4. The highest BCUT2D eigenvalue weighted by Crippen LogP contribution is 2.37. The average molecular weight is 282 g/mol. The molecule has 4 nitrogen and oxygen atoms in total. The first-order valence-corrected chi connectivity index (χ1v) is 6.02. The van der Waals surface area contributed by atoms with E-state index in [1.807, 2.05) is 6.92 Å². The van der Waals surface area contributed by atoms with E-state index in [0.29, 0.717) is 17.8 Å². The van der Waals surface area contributed by atoms with E-state index in [4.69, 9.17) is 0 Å². The monoisotopic (exact) mass is 282 g/mol. The van der Waals surface area contributed by atoms with Crippen molar-refractivity contribution in [3.8, 4) is 11.3 Å². The number of rotatable bonds is 3. The Hall–Kier alpha value is -2.18. The van der Waals surface area contributed by atoms with Crippen LogP contribution in [0.2, 0.25) is 0 Å². The van der Waals surface area contributed by atoms with Gasteiger partial charge in [-0.05, 0) is 12.5 Å². The first-order chi connectivity index (χ1) is 9.49. The van der Waals surface area contributed by atoms with E-state index in [9.17, 15) is 13.2 Å². The second kappa shape index (κ2) is 5.44. The number of halogens is 3. The van der Waals surface area contributed by atoms with E-state index >= 15 is 0 Å². The Morgan fingerprint density at radius 3 is 2.60 bits per heavy atom. The molecule has 0 spiro atoms. The smallest absolute Gasteiger partial charge is 0.373 e. The number of alkyl halides is 3. The number of aromatic nitrogens is 3. The van der Waals surface area contributed by atoms with Crippen LogP contribution in [-0.4, -0.2) is 22.0 Å². The molecule has 106 valence electrons. The Balaban J connectivity index is 2.70. The number of hydrogen-bond acceptors (Lipinski definition) is 4. The molecule has 2 aromatic rings. The summed E-state index contributed by atoms with van der Waals surface area (Å²) in [6.07, 6.45) is -0.387. The van der Waals surface area contributed by atoms with Crippen LogP contribution < -0.4 is 5.32 Å². The minimum absolute atomic E-state index is 0.0317. The molecule has 0 aliphatic heterocycles. The summed E-state index contributed by atoms with van der Waals surface area (Å²) in [5, 5.41) is 2.86. The predicted octanol–water partition coefficient (Wildman–Crippen LogP) is 3.16. The van der Waals surface area contributed by atoms with Crippen molar-refractivity contribution in [3.05, 3.63) is 35.9 Å². The molecule has 0 bridgehead atoms. The van der Waals surface area contributed by atoms with Gasteiger partial charge in [0.1, 0.15) is 12.1 Å². The van der Waals surface area contributed by atoms with Gasteiger partial charge in [0.25, 0.3) is 0 Å². The maximum Gasteiger partial charge on any atom is 0.417 e. The average Bonchev–Trinajstić information content (AvgIpc) is 2.45. The number of nitrogens with zero attached hydrogens (tertiary/aromatic N) is 3. The Kier molecular flexibility index (Phi) is 3.87. The summed E-state index contributed by atoms with van der Waals surface area (Å²) in [5.74, 6) is 0.523. The lowest BCUT2D eigenvalue weighted by Gasteiger charge is -2.15. The number of nitrogens with one attached hydrogen (secondary N) is 1. The zero-order valence-corrected chi connectivity index (χ0v) is 11.0. The molecular weight excluding hydrogens is 269 g/mol. The van der Waals surface area contributed by atoms with Crippen molar-refractivity contribution in [1.29, 1.82) is 0 Å². The quantitative estimate of drug-likeness (QED) is 0.939. The highest BCUT2D eigenvalue weighted by molar-refractivity contribution is 5.70. The van der Waals surface area contributed by atoms with Gasteiger partial charge in [0.15, 0.2) is 0 Å². The molecule has 2 heterocycles. The minimum atomic E-state index is -4.45. The van der Waals surface area contributed by atoms with Crippen molar-refractivity contribution in [3.63, 3.8) is 0 Å². The summed E-state index contributed by atoms with van der Waals surface area (Å²) in [6.45, 7) is 1.84. The van der Waals surface area contributed by atoms with E-state index in [1.54, 1.807) is 7.05 Å². The fraction of sp³-hybridized carbons (Fsp3) is 0.308. The number of hydrogen-bond donors (Lipinski definition) is 1. The molecule has 0 aromatic carbocycles. The lowest BCUT2D eigenvalue weighted by molar-refractivity contribution is -0.137. The van der Waals surface area contributed by atoms with Gasteiger partial charge in [-0.2, -0.15) is 13.2 Å². The summed E-state index contributed by atoms with van der Waals surface area (Å²) in [4.78, 5) is 11.8. The van der Waals surface area contributed by atoms with Crippen molar-refractivity contribution in [2.45, 2.75) is 19.5 Å². The first kappa shape index (κ1) is 14.2. The highest BCUT2D eigenvalue weighted by atomic mass is 19.4. The maximum atomic E-state index is 13.1. The Morgan fingerprint density at radius 2 is 2.00 bits per heavy atom. The Labute approximate surface area is 114 Å². The van der Waals surface area contributed by atoms with Gasteiger partial charge >= 0.3 is 6.18 Å². The molecule has 2 rings (SSSR count). The fourth-order valence-electron chi connectivity index (χ4n) is 2.03. The Morgan fingerprint density at radius 1 is 1.25 bits per heavy atom. The second-order valence-corrected chi connectivity index (χ2v) is 4.07. The normalized spacial score (nSPS) is 11.4. The van der Waals surface area contributed by atoms with E-state index in [-0.39, 0.29) is 11.3 Å². The van der Waals surface area contributed by atoms with Crippen LogP contribution in [0.5, 0.6) is 0 Å². The van der Waals surface area contributed by atoms with Crippen LogP contribution in [0, 0.1) is 0 Å². The van der Waals surface area contributed by atoms with Gasteiger partial charge in [0.2, 0.25) is 0 Å². The summed E-state index contributed by atoms with van der Waals surface area (Å²) in [5.41, 5.74) is 0.111. The number of anilines is 1. The van der Waals surface area contributed by atoms with Gasteiger partial charge in [0.05, 0.1) is 11.3 Å². The van der Waals surface area contributed by atoms with E-state index in [1.165, 1.54) is 12.5 Å². The summed E-state index contributed by atoms with van der Waals surface area (Å²) in [7, 11) is 1.67. The third kappa shape index (κ3) is 2.56. The van der Waals surface area contributed by atoms with Gasteiger partial charge in [0, 0.05) is 30.6 Å². The van der Waals surface area contributed by atoms with Crippen molar-refractivity contribution in [2.24, 2.45) is 0 Å². The standard InChI is InChI=1S/C13H13F3N4/c1-3-8-11(19-7-20-12(8)17-2)9-6-18-5-4-10(9)13(14,15)16/h4-7H,3H2,1-2H3,(H,17,19,20). The third-order valence-corrected chi connectivity index (χ3v) is 2.92. The molecule has 0 amide bonds. The van der Waals surface area contributed by atoms with Crippen LogP contribution in [0.1, 0.15) is 18.1 Å². The van der Waals surface area contributed by atoms with Crippen LogP contribution in [-0.2, 0) is 12.6 Å². The number of pyridine rings is 1.